The summed E-state index contributed by atoms with van der Waals surface area (Å²) in [6, 6.07) is 9.96. The summed E-state index contributed by atoms with van der Waals surface area (Å²) in [6.07, 6.45) is 6.19. The van der Waals surface area contributed by atoms with E-state index in [1.165, 1.54) is 22.2 Å². The molecule has 5 rings (SSSR count). The van der Waals surface area contributed by atoms with E-state index < -0.39 is 17.6 Å². The molecule has 2 fully saturated rings. The Labute approximate surface area is 179 Å². The van der Waals surface area contributed by atoms with Crippen LogP contribution in [0.25, 0.3) is 11.0 Å². The number of primary amides is 1. The van der Waals surface area contributed by atoms with E-state index in [9.17, 15) is 14.0 Å². The van der Waals surface area contributed by atoms with Crippen molar-refractivity contribution in [1.29, 1.82) is 0 Å². The maximum atomic E-state index is 13.9. The lowest BCUT2D eigenvalue weighted by molar-refractivity contribution is -0.136. The number of hydrogen-bond donors (Lipinski definition) is 2. The van der Waals surface area contributed by atoms with E-state index in [0.29, 0.717) is 29.6 Å². The summed E-state index contributed by atoms with van der Waals surface area (Å²) in [5.41, 5.74) is 8.75. The van der Waals surface area contributed by atoms with Crippen LogP contribution >= 0.6 is 0 Å². The minimum absolute atomic E-state index is 0.208. The molecule has 0 saturated carbocycles. The first-order valence-electron chi connectivity index (χ1n) is 10.5. The molecule has 2 aliphatic heterocycles. The molecular formula is C23H24FN5O2. The first-order chi connectivity index (χ1) is 14.9. The van der Waals surface area contributed by atoms with E-state index in [2.05, 4.69) is 33.9 Å². The number of carbonyl (C=O) groups is 2. The van der Waals surface area contributed by atoms with Crippen LogP contribution in [0.5, 0.6) is 0 Å². The highest BCUT2D eigenvalue weighted by Crippen LogP contribution is 2.43. The van der Waals surface area contributed by atoms with Crippen molar-refractivity contribution in [2.45, 2.75) is 50.7 Å². The molecule has 2 aromatic heterocycles. The van der Waals surface area contributed by atoms with Gasteiger partial charge in [-0.05, 0) is 50.3 Å². The largest absolute Gasteiger partial charge is 0.365 e. The highest BCUT2D eigenvalue weighted by molar-refractivity contribution is 6.40. The van der Waals surface area contributed by atoms with E-state index in [1.54, 1.807) is 6.20 Å². The summed E-state index contributed by atoms with van der Waals surface area (Å²) in [4.78, 5) is 35.8. The second kappa shape index (κ2) is 7.37. The molecule has 4 heterocycles. The zero-order valence-electron chi connectivity index (χ0n) is 17.2. The Bertz CT molecular complexity index is 1160. The first-order valence-corrected chi connectivity index (χ1v) is 10.5. The molecule has 0 radical (unpaired) electrons. The summed E-state index contributed by atoms with van der Waals surface area (Å²) in [6.45, 7) is 2.11. The van der Waals surface area contributed by atoms with Crippen molar-refractivity contribution in [3.05, 3.63) is 54.1 Å². The standard InChI is InChI=1S/C23H24FN5O2/c1-13-4-2-3-5-19(13)28-15-6-7-16(28)10-17(9-15)29(23(31)21(25)30)20-12-27-22-18(20)8-14(24)11-26-22/h2-5,8,11-12,15-17H,6-7,9-10H2,1H3,(H2,25,30)(H,26,27). The number of nitrogens with one attached hydrogen (secondary N) is 1. The van der Waals surface area contributed by atoms with Crippen molar-refractivity contribution in [1.82, 2.24) is 9.97 Å². The van der Waals surface area contributed by atoms with Gasteiger partial charge in [-0.15, -0.1) is 0 Å². The van der Waals surface area contributed by atoms with Crippen LogP contribution in [-0.2, 0) is 9.59 Å². The number of halogens is 1. The molecule has 2 amide bonds. The predicted octanol–water partition coefficient (Wildman–Crippen LogP) is 3.03. The molecule has 0 spiro atoms. The number of piperidine rings is 1. The van der Waals surface area contributed by atoms with Gasteiger partial charge in [-0.3, -0.25) is 14.5 Å². The van der Waals surface area contributed by atoms with Crippen LogP contribution in [0, 0.1) is 12.7 Å². The number of benzene rings is 1. The second-order valence-corrected chi connectivity index (χ2v) is 8.47. The fourth-order valence-electron chi connectivity index (χ4n) is 5.36. The molecule has 2 saturated heterocycles. The van der Waals surface area contributed by atoms with Gasteiger partial charge in [-0.1, -0.05) is 18.2 Å². The van der Waals surface area contributed by atoms with Crippen LogP contribution in [0.2, 0.25) is 0 Å². The number of rotatable bonds is 3. The number of nitrogens with zero attached hydrogens (tertiary/aromatic N) is 3. The third-order valence-electron chi connectivity index (χ3n) is 6.63. The van der Waals surface area contributed by atoms with E-state index in [0.717, 1.165) is 19.0 Å². The number of amides is 2. The SMILES string of the molecule is Cc1ccccc1N1C2CCC1CC(N(C(=O)C(N)=O)c1c[nH]c3ncc(F)cc13)C2. The summed E-state index contributed by atoms with van der Waals surface area (Å²) in [7, 11) is 0. The quantitative estimate of drug-likeness (QED) is 0.636. The van der Waals surface area contributed by atoms with Gasteiger partial charge >= 0.3 is 11.8 Å². The first kappa shape index (κ1) is 19.5. The van der Waals surface area contributed by atoms with Crippen molar-refractivity contribution in [2.24, 2.45) is 5.73 Å². The number of aromatic nitrogens is 2. The average Bonchev–Trinajstić information content (AvgIpc) is 3.26. The summed E-state index contributed by atoms with van der Waals surface area (Å²) in [5, 5.41) is 0.461. The van der Waals surface area contributed by atoms with Crippen molar-refractivity contribution in [3.63, 3.8) is 0 Å². The van der Waals surface area contributed by atoms with Gasteiger partial charge < -0.3 is 15.6 Å². The van der Waals surface area contributed by atoms with Crippen LogP contribution in [0.4, 0.5) is 15.8 Å². The van der Waals surface area contributed by atoms with Gasteiger partial charge in [0, 0.05) is 35.4 Å². The molecule has 3 aromatic rings. The van der Waals surface area contributed by atoms with Crippen molar-refractivity contribution < 1.29 is 14.0 Å². The van der Waals surface area contributed by atoms with Gasteiger partial charge in [0.05, 0.1) is 11.9 Å². The van der Waals surface area contributed by atoms with Crippen LogP contribution < -0.4 is 15.5 Å². The van der Waals surface area contributed by atoms with Crippen molar-refractivity contribution in [2.75, 3.05) is 9.80 Å². The highest BCUT2D eigenvalue weighted by atomic mass is 19.1. The van der Waals surface area contributed by atoms with E-state index in [-0.39, 0.29) is 18.1 Å². The van der Waals surface area contributed by atoms with Crippen LogP contribution in [0.15, 0.2) is 42.7 Å². The molecule has 7 nitrogen and oxygen atoms in total. The molecule has 31 heavy (non-hydrogen) atoms. The summed E-state index contributed by atoms with van der Waals surface area (Å²) in [5.74, 6) is -2.31. The number of hydrogen-bond acceptors (Lipinski definition) is 4. The number of aryl methyl sites for hydroxylation is 1. The molecule has 160 valence electrons. The number of H-pyrrole nitrogens is 1. The molecule has 2 aliphatic rings. The number of aromatic amines is 1. The molecule has 1 aromatic carbocycles. The summed E-state index contributed by atoms with van der Waals surface area (Å²) < 4.78 is 13.9. The van der Waals surface area contributed by atoms with Gasteiger partial charge in [-0.2, -0.15) is 0 Å². The Morgan fingerprint density at radius 3 is 2.61 bits per heavy atom. The highest BCUT2D eigenvalue weighted by Gasteiger charge is 2.45. The molecule has 3 N–H and O–H groups in total. The Balaban J connectivity index is 1.52. The van der Waals surface area contributed by atoms with Gasteiger partial charge in [0.15, 0.2) is 0 Å². The Hall–Kier alpha value is -3.42. The normalized spacial score (nSPS) is 22.6. The number of para-hydroxylation sites is 1. The van der Waals surface area contributed by atoms with Crippen LogP contribution in [-0.4, -0.2) is 39.9 Å². The Morgan fingerprint density at radius 2 is 1.94 bits per heavy atom. The lowest BCUT2D eigenvalue weighted by atomic mass is 9.93. The summed E-state index contributed by atoms with van der Waals surface area (Å²) >= 11 is 0. The fraction of sp³-hybridized carbons (Fsp3) is 0.348. The molecule has 2 unspecified atom stereocenters. The van der Waals surface area contributed by atoms with Crippen molar-refractivity contribution >= 4 is 34.2 Å². The molecule has 8 heteroatoms. The van der Waals surface area contributed by atoms with Gasteiger partial charge in [0.1, 0.15) is 11.5 Å². The average molecular weight is 421 g/mol. The molecule has 2 atom stereocenters. The number of anilines is 2. The molecule has 2 bridgehead atoms. The maximum absolute atomic E-state index is 13.9. The van der Waals surface area contributed by atoms with Gasteiger partial charge in [-0.25, -0.2) is 9.37 Å². The number of carbonyl (C=O) groups excluding carboxylic acids is 2. The minimum Gasteiger partial charge on any atom is -0.365 e. The monoisotopic (exact) mass is 421 g/mol. The Morgan fingerprint density at radius 1 is 1.23 bits per heavy atom. The number of fused-ring (bicyclic) bond motifs is 3. The minimum atomic E-state index is -1.02. The van der Waals surface area contributed by atoms with E-state index in [4.69, 9.17) is 5.73 Å². The van der Waals surface area contributed by atoms with Crippen LogP contribution in [0.3, 0.4) is 0 Å². The fourth-order valence-corrected chi connectivity index (χ4v) is 5.36. The zero-order chi connectivity index (χ0) is 21.7. The third-order valence-corrected chi connectivity index (χ3v) is 6.63. The van der Waals surface area contributed by atoms with Crippen LogP contribution in [0.1, 0.15) is 31.2 Å². The zero-order valence-corrected chi connectivity index (χ0v) is 17.2. The smallest absolute Gasteiger partial charge is 0.316 e. The second-order valence-electron chi connectivity index (χ2n) is 8.47. The molecule has 0 aliphatic carbocycles. The number of pyridine rings is 1. The number of nitrogens with two attached hydrogens (primary N) is 1. The third kappa shape index (κ3) is 3.22. The van der Waals surface area contributed by atoms with Gasteiger partial charge in [0.25, 0.3) is 0 Å². The maximum Gasteiger partial charge on any atom is 0.316 e. The lowest BCUT2D eigenvalue weighted by Crippen LogP contribution is -2.54. The van der Waals surface area contributed by atoms with Crippen molar-refractivity contribution in [3.8, 4) is 0 Å². The van der Waals surface area contributed by atoms with Gasteiger partial charge in [0.2, 0.25) is 0 Å². The topological polar surface area (TPSA) is 95.3 Å². The molecular weight excluding hydrogens is 397 g/mol. The Kier molecular flexibility index (Phi) is 4.64. The lowest BCUT2D eigenvalue weighted by Gasteiger charge is -2.44. The predicted molar refractivity (Wildman–Crippen MR) is 116 cm³/mol. The van der Waals surface area contributed by atoms with E-state index >= 15 is 0 Å². The van der Waals surface area contributed by atoms with E-state index in [1.807, 2.05) is 12.1 Å².